The Morgan fingerprint density at radius 3 is 2.40 bits per heavy atom. The molecule has 0 rings (SSSR count). The normalized spacial score (nSPS) is 9.55. The molecule has 0 atom stereocenters. The van der Waals surface area contributed by atoms with E-state index in [4.69, 9.17) is 10.3 Å². The molecule has 0 aliphatic rings. The first-order valence-corrected chi connectivity index (χ1v) is 9.49. The predicted molar refractivity (Wildman–Crippen MR) is 76.5 cm³/mol. The fourth-order valence-electron chi connectivity index (χ4n) is 0.940. The molecule has 0 spiro atoms. The first-order valence-electron chi connectivity index (χ1n) is 5.99. The summed E-state index contributed by atoms with van der Waals surface area (Å²) in [6.45, 7) is 9.46. The van der Waals surface area contributed by atoms with Crippen LogP contribution in [0.5, 0.6) is 0 Å². The summed E-state index contributed by atoms with van der Waals surface area (Å²) in [5, 5.41) is 0. The highest BCUT2D eigenvalue weighted by Gasteiger charge is 2.33. The van der Waals surface area contributed by atoms with Gasteiger partial charge in [-0.15, -0.1) is 12.1 Å². The van der Waals surface area contributed by atoms with E-state index in [9.17, 15) is 9.59 Å². The van der Waals surface area contributed by atoms with Crippen molar-refractivity contribution in [3.63, 3.8) is 0 Å². The number of nitrogens with zero attached hydrogens (tertiary/aromatic N) is 2. The first-order chi connectivity index (χ1) is 9.31. The van der Waals surface area contributed by atoms with Crippen LogP contribution < -0.4 is 0 Å². The zero-order valence-corrected chi connectivity index (χ0v) is 12.9. The fraction of sp³-hybridized carbons (Fsp3) is 0.462. The van der Waals surface area contributed by atoms with Gasteiger partial charge in [-0.1, -0.05) is 31.6 Å². The van der Waals surface area contributed by atoms with Crippen LogP contribution in [0.2, 0.25) is 19.6 Å². The van der Waals surface area contributed by atoms with Gasteiger partial charge in [-0.3, -0.25) is 0 Å². The molecule has 0 aromatic rings. The van der Waals surface area contributed by atoms with Gasteiger partial charge in [-0.2, -0.15) is 4.79 Å². The van der Waals surface area contributed by atoms with E-state index < -0.39 is 25.7 Å². The molecule has 20 heavy (non-hydrogen) atoms. The zero-order chi connectivity index (χ0) is 15.6. The van der Waals surface area contributed by atoms with E-state index in [0.717, 1.165) is 0 Å². The number of carbonyl (C=O) groups excluding carboxylic acids is 2. The van der Waals surface area contributed by atoms with E-state index in [1.807, 2.05) is 19.6 Å². The lowest BCUT2D eigenvalue weighted by Gasteiger charge is -2.03. The molecule has 0 heterocycles. The number of carbonyl (C=O) groups is 2. The fourth-order valence-corrected chi connectivity index (χ4v) is 1.54. The van der Waals surface area contributed by atoms with Crippen molar-refractivity contribution >= 4 is 25.7 Å². The smallest absolute Gasteiger partial charge is 0.456 e. The van der Waals surface area contributed by atoms with Crippen molar-refractivity contribution in [2.24, 2.45) is 0 Å². The maximum Gasteiger partial charge on any atom is 0.482 e. The van der Waals surface area contributed by atoms with E-state index in [-0.39, 0.29) is 13.2 Å². The SMILES string of the molecule is C=CCCOC(=O)C(=[N+]=[N-])C(=O)OCC#C[Si](C)(C)C. The highest BCUT2D eigenvalue weighted by molar-refractivity contribution is 6.83. The number of hydrogen-bond acceptors (Lipinski definition) is 4. The topological polar surface area (TPSA) is 89.0 Å². The van der Waals surface area contributed by atoms with Crippen LogP contribution >= 0.6 is 0 Å². The molecule has 0 radical (unpaired) electrons. The Morgan fingerprint density at radius 1 is 1.30 bits per heavy atom. The van der Waals surface area contributed by atoms with Gasteiger partial charge in [0.25, 0.3) is 0 Å². The molecule has 0 amide bonds. The molecular weight excluding hydrogens is 276 g/mol. The van der Waals surface area contributed by atoms with Gasteiger partial charge >= 0.3 is 17.7 Å². The number of ether oxygens (including phenoxy) is 2. The summed E-state index contributed by atoms with van der Waals surface area (Å²) in [4.78, 5) is 25.5. The Morgan fingerprint density at radius 2 is 1.90 bits per heavy atom. The number of rotatable bonds is 6. The molecule has 0 bridgehead atoms. The van der Waals surface area contributed by atoms with Crippen LogP contribution in [-0.2, 0) is 19.1 Å². The first kappa shape index (κ1) is 17.8. The zero-order valence-electron chi connectivity index (χ0n) is 11.9. The Labute approximate surface area is 119 Å². The molecule has 0 aliphatic carbocycles. The van der Waals surface area contributed by atoms with Gasteiger partial charge in [-0.05, 0) is 6.42 Å². The molecule has 0 saturated carbocycles. The van der Waals surface area contributed by atoms with E-state index >= 15 is 0 Å². The molecule has 0 unspecified atom stereocenters. The van der Waals surface area contributed by atoms with Crippen LogP contribution in [0.4, 0.5) is 0 Å². The van der Waals surface area contributed by atoms with Gasteiger partial charge in [0, 0.05) is 0 Å². The van der Waals surface area contributed by atoms with Crippen molar-refractivity contribution in [2.45, 2.75) is 26.1 Å². The maximum absolute atomic E-state index is 11.5. The minimum Gasteiger partial charge on any atom is -0.456 e. The minimum atomic E-state index is -1.54. The predicted octanol–water partition coefficient (Wildman–Crippen LogP) is 1.20. The Bertz CT molecular complexity index is 491. The van der Waals surface area contributed by atoms with Crippen molar-refractivity contribution in [1.82, 2.24) is 0 Å². The lowest BCUT2D eigenvalue weighted by atomic mass is 10.4. The Kier molecular flexibility index (Phi) is 7.90. The van der Waals surface area contributed by atoms with Crippen molar-refractivity contribution < 1.29 is 23.9 Å². The summed E-state index contributed by atoms with van der Waals surface area (Å²) < 4.78 is 9.40. The highest BCUT2D eigenvalue weighted by atomic mass is 28.3. The summed E-state index contributed by atoms with van der Waals surface area (Å²) in [6.07, 6.45) is 1.98. The van der Waals surface area contributed by atoms with E-state index in [1.54, 1.807) is 6.08 Å². The van der Waals surface area contributed by atoms with Crippen LogP contribution in [-0.4, -0.2) is 43.7 Å². The third-order valence-corrected chi connectivity index (χ3v) is 2.71. The summed E-state index contributed by atoms with van der Waals surface area (Å²) in [7, 11) is -1.54. The summed E-state index contributed by atoms with van der Waals surface area (Å²) in [5.74, 6) is 0.581. The van der Waals surface area contributed by atoms with Gasteiger partial charge in [0.2, 0.25) is 0 Å². The van der Waals surface area contributed by atoms with Crippen LogP contribution in [0.1, 0.15) is 6.42 Å². The summed E-state index contributed by atoms with van der Waals surface area (Å²) >= 11 is 0. The third-order valence-electron chi connectivity index (χ3n) is 1.78. The highest BCUT2D eigenvalue weighted by Crippen LogP contribution is 1.96. The summed E-state index contributed by atoms with van der Waals surface area (Å²) in [5.41, 5.74) is 10.8. The minimum absolute atomic E-state index is 0.0457. The third kappa shape index (κ3) is 8.03. The molecule has 0 aromatic heterocycles. The van der Waals surface area contributed by atoms with Gasteiger partial charge in [0.05, 0.1) is 6.61 Å². The molecule has 0 aliphatic heterocycles. The largest absolute Gasteiger partial charge is 0.482 e. The van der Waals surface area contributed by atoms with Crippen molar-refractivity contribution in [2.75, 3.05) is 13.2 Å². The second kappa shape index (κ2) is 8.86. The monoisotopic (exact) mass is 294 g/mol. The van der Waals surface area contributed by atoms with Gasteiger partial charge in [-0.25, -0.2) is 9.59 Å². The van der Waals surface area contributed by atoms with E-state index in [1.165, 1.54) is 0 Å². The summed E-state index contributed by atoms with van der Waals surface area (Å²) in [6, 6.07) is 0. The Balaban J connectivity index is 4.42. The molecule has 108 valence electrons. The number of hydrogen-bond donors (Lipinski definition) is 0. The standard InChI is InChI=1S/C13H18N2O4Si/c1-5-6-8-18-12(16)11(15-14)13(17)19-9-7-10-20(2,3)4/h5H,1,6,8-9H2,2-4H3. The van der Waals surface area contributed by atoms with E-state index in [0.29, 0.717) is 6.42 Å². The lowest BCUT2D eigenvalue weighted by molar-refractivity contribution is -0.148. The van der Waals surface area contributed by atoms with Crippen molar-refractivity contribution in [3.8, 4) is 11.5 Å². The van der Waals surface area contributed by atoms with Gasteiger partial charge < -0.3 is 15.0 Å². The lowest BCUT2D eigenvalue weighted by Crippen LogP contribution is -2.29. The second-order valence-electron chi connectivity index (χ2n) is 4.79. The van der Waals surface area contributed by atoms with E-state index in [2.05, 4.69) is 27.6 Å². The van der Waals surface area contributed by atoms with Gasteiger partial charge in [0.1, 0.15) is 8.07 Å². The molecule has 0 N–H and O–H groups in total. The second-order valence-corrected chi connectivity index (χ2v) is 9.54. The van der Waals surface area contributed by atoms with Crippen molar-refractivity contribution in [1.29, 1.82) is 0 Å². The van der Waals surface area contributed by atoms with Crippen molar-refractivity contribution in [3.05, 3.63) is 18.2 Å². The van der Waals surface area contributed by atoms with Crippen LogP contribution in [0.3, 0.4) is 0 Å². The van der Waals surface area contributed by atoms with Crippen LogP contribution in [0.15, 0.2) is 12.7 Å². The average Bonchev–Trinajstić information content (AvgIpc) is 2.35. The quantitative estimate of drug-likeness (QED) is 0.0847. The molecular formula is C13H18N2O4Si. The Hall–Kier alpha value is -2.16. The van der Waals surface area contributed by atoms with Crippen LogP contribution in [0.25, 0.3) is 5.53 Å². The van der Waals surface area contributed by atoms with Crippen LogP contribution in [0, 0.1) is 11.5 Å². The molecule has 0 saturated heterocycles. The molecule has 0 aromatic carbocycles. The molecule has 0 fully saturated rings. The molecule has 6 nitrogen and oxygen atoms in total. The van der Waals surface area contributed by atoms with Gasteiger partial charge in [0.15, 0.2) is 6.61 Å². The number of esters is 2. The maximum atomic E-state index is 11.5. The molecule has 7 heteroatoms. The average molecular weight is 294 g/mol.